The number of carbonyl (C=O) groups is 2. The second kappa shape index (κ2) is 9.72. The molecule has 1 aromatic carbocycles. The zero-order valence-corrected chi connectivity index (χ0v) is 20.7. The van der Waals surface area contributed by atoms with Crippen LogP contribution in [0.4, 0.5) is 21.0 Å². The number of benzene rings is 1. The Kier molecular flexibility index (Phi) is 7.41. The molecule has 0 aromatic heterocycles. The maximum Gasteiger partial charge on any atom is 0.319 e. The number of amides is 4. The summed E-state index contributed by atoms with van der Waals surface area (Å²) >= 11 is 0. The van der Waals surface area contributed by atoms with Gasteiger partial charge in [-0.15, -0.1) is 0 Å². The van der Waals surface area contributed by atoms with E-state index in [1.165, 1.54) is 12.8 Å². The van der Waals surface area contributed by atoms with E-state index in [-0.39, 0.29) is 35.0 Å². The largest absolute Gasteiger partial charge is 0.335 e. The lowest BCUT2D eigenvalue weighted by atomic mass is 9.70. The van der Waals surface area contributed by atoms with Crippen molar-refractivity contribution in [1.82, 2.24) is 10.6 Å². The first-order valence-electron chi connectivity index (χ1n) is 12.1. The number of carbonyl (C=O) groups excluding carboxylic acids is 2. The third-order valence-electron chi connectivity index (χ3n) is 6.82. The Morgan fingerprint density at radius 1 is 0.750 bits per heavy atom. The lowest BCUT2D eigenvalue weighted by Crippen LogP contribution is -2.44. The molecule has 1 aromatic rings. The minimum absolute atomic E-state index is 0.183. The van der Waals surface area contributed by atoms with E-state index in [1.54, 1.807) is 6.07 Å². The normalized spacial score (nSPS) is 28.9. The van der Waals surface area contributed by atoms with Gasteiger partial charge >= 0.3 is 12.1 Å². The molecule has 0 radical (unpaired) electrons. The molecule has 2 fully saturated rings. The zero-order valence-electron chi connectivity index (χ0n) is 20.7. The summed E-state index contributed by atoms with van der Waals surface area (Å²) in [5.74, 6) is 1.21. The molecule has 6 nitrogen and oxygen atoms in total. The minimum Gasteiger partial charge on any atom is -0.335 e. The highest BCUT2D eigenvalue weighted by Gasteiger charge is 2.33. The van der Waals surface area contributed by atoms with E-state index in [1.807, 2.05) is 18.2 Å². The monoisotopic (exact) mass is 442 g/mol. The van der Waals surface area contributed by atoms with Crippen LogP contribution in [0.5, 0.6) is 0 Å². The topological polar surface area (TPSA) is 82.3 Å². The molecule has 0 bridgehead atoms. The van der Waals surface area contributed by atoms with Crippen LogP contribution in [0.1, 0.15) is 80.1 Å². The van der Waals surface area contributed by atoms with Crippen molar-refractivity contribution in [2.45, 2.75) is 92.2 Å². The number of nitrogens with one attached hydrogen (secondary N) is 4. The molecule has 2 saturated carbocycles. The zero-order chi connectivity index (χ0) is 23.5. The first kappa shape index (κ1) is 24.4. The second-order valence-corrected chi connectivity index (χ2v) is 12.0. The molecule has 4 amide bonds. The molecule has 4 atom stereocenters. The van der Waals surface area contributed by atoms with Crippen LogP contribution in [0, 0.1) is 22.7 Å². The van der Waals surface area contributed by atoms with Gasteiger partial charge in [0, 0.05) is 23.5 Å². The van der Waals surface area contributed by atoms with E-state index in [0.29, 0.717) is 23.2 Å². The van der Waals surface area contributed by atoms with E-state index < -0.39 is 0 Å². The van der Waals surface area contributed by atoms with E-state index in [4.69, 9.17) is 0 Å². The average molecular weight is 443 g/mol. The number of hydrogen-bond donors (Lipinski definition) is 4. The Morgan fingerprint density at radius 3 is 1.53 bits per heavy atom. The molecule has 6 heteroatoms. The summed E-state index contributed by atoms with van der Waals surface area (Å²) in [5, 5.41) is 12.1. The maximum absolute atomic E-state index is 12.6. The maximum atomic E-state index is 12.6. The highest BCUT2D eigenvalue weighted by Crippen LogP contribution is 2.39. The summed E-state index contributed by atoms with van der Waals surface area (Å²) < 4.78 is 0. The van der Waals surface area contributed by atoms with Crippen molar-refractivity contribution < 1.29 is 9.59 Å². The summed E-state index contributed by atoms with van der Waals surface area (Å²) in [5.41, 5.74) is 1.82. The van der Waals surface area contributed by atoms with Crippen LogP contribution < -0.4 is 21.3 Å². The number of hydrogen-bond acceptors (Lipinski definition) is 2. The number of anilines is 2. The van der Waals surface area contributed by atoms with Gasteiger partial charge in [-0.1, -0.05) is 47.6 Å². The van der Waals surface area contributed by atoms with Gasteiger partial charge in [-0.3, -0.25) is 0 Å². The molecule has 0 heterocycles. The Labute approximate surface area is 193 Å². The first-order valence-corrected chi connectivity index (χ1v) is 12.1. The quantitative estimate of drug-likeness (QED) is 0.437. The third kappa shape index (κ3) is 7.42. The molecule has 0 unspecified atom stereocenters. The number of rotatable bonds is 4. The molecule has 178 valence electrons. The Bertz CT molecular complexity index is 757. The van der Waals surface area contributed by atoms with Gasteiger partial charge < -0.3 is 21.3 Å². The molecule has 2 aliphatic carbocycles. The number of urea groups is 2. The third-order valence-corrected chi connectivity index (χ3v) is 6.82. The van der Waals surface area contributed by atoms with Gasteiger partial charge in [0.2, 0.25) is 0 Å². The van der Waals surface area contributed by atoms with Crippen molar-refractivity contribution in [1.29, 1.82) is 0 Å². The molecule has 0 aliphatic heterocycles. The Hall–Kier alpha value is -2.24. The van der Waals surface area contributed by atoms with Gasteiger partial charge in [0.25, 0.3) is 0 Å². The summed E-state index contributed by atoms with van der Waals surface area (Å²) in [4.78, 5) is 25.1. The highest BCUT2D eigenvalue weighted by atomic mass is 16.2. The minimum atomic E-state index is -0.195. The van der Waals surface area contributed by atoms with Crippen molar-refractivity contribution in [2.75, 3.05) is 10.6 Å². The lowest BCUT2D eigenvalue weighted by molar-refractivity contribution is 0.154. The molecule has 0 spiro atoms. The standard InChI is InChI=1S/C26H42N4O2/c1-17-10-21(15-25(3,4)13-17)29-23(31)27-19-8-7-9-20(12-19)28-24(32)30-22-11-18(2)14-26(5,6)16-22/h7-9,12,17-18,21-22H,10-11,13-16H2,1-6H3,(H2,27,29,31)(H2,28,30,32)/t17-,18+,21+,22-. The van der Waals surface area contributed by atoms with Crippen molar-refractivity contribution >= 4 is 23.4 Å². The molecule has 2 aliphatic rings. The smallest absolute Gasteiger partial charge is 0.319 e. The first-order chi connectivity index (χ1) is 14.9. The van der Waals surface area contributed by atoms with Crippen molar-refractivity contribution in [2.24, 2.45) is 22.7 Å². The predicted octanol–water partition coefficient (Wildman–Crippen LogP) is 6.36. The van der Waals surface area contributed by atoms with Crippen LogP contribution in [0.2, 0.25) is 0 Å². The van der Waals surface area contributed by atoms with Crippen molar-refractivity contribution in [3.63, 3.8) is 0 Å². The van der Waals surface area contributed by atoms with E-state index in [0.717, 1.165) is 25.7 Å². The summed E-state index contributed by atoms with van der Waals surface area (Å²) in [7, 11) is 0. The van der Waals surface area contributed by atoms with Crippen LogP contribution in [0.25, 0.3) is 0 Å². The molecule has 32 heavy (non-hydrogen) atoms. The fraction of sp³-hybridized carbons (Fsp3) is 0.692. The Balaban J connectivity index is 1.51. The van der Waals surface area contributed by atoms with Crippen LogP contribution in [-0.2, 0) is 0 Å². The fourth-order valence-electron chi connectivity index (χ4n) is 6.29. The van der Waals surface area contributed by atoms with Crippen LogP contribution in [-0.4, -0.2) is 24.1 Å². The van der Waals surface area contributed by atoms with Crippen molar-refractivity contribution in [3.05, 3.63) is 24.3 Å². The van der Waals surface area contributed by atoms with Crippen LogP contribution in [0.15, 0.2) is 24.3 Å². The van der Waals surface area contributed by atoms with Crippen molar-refractivity contribution in [3.8, 4) is 0 Å². The second-order valence-electron chi connectivity index (χ2n) is 12.0. The average Bonchev–Trinajstić information content (AvgIpc) is 2.57. The van der Waals surface area contributed by atoms with Gasteiger partial charge in [-0.2, -0.15) is 0 Å². The molecule has 0 saturated heterocycles. The molecule has 3 rings (SSSR count). The van der Waals surface area contributed by atoms with E-state index in [9.17, 15) is 9.59 Å². The van der Waals surface area contributed by atoms with Gasteiger partial charge in [-0.25, -0.2) is 9.59 Å². The van der Waals surface area contributed by atoms with Gasteiger partial charge in [-0.05, 0) is 79.4 Å². The summed E-state index contributed by atoms with van der Waals surface area (Å²) in [6, 6.07) is 7.27. The molecular formula is C26H42N4O2. The van der Waals surface area contributed by atoms with E-state index in [2.05, 4.69) is 62.8 Å². The predicted molar refractivity (Wildman–Crippen MR) is 132 cm³/mol. The lowest BCUT2D eigenvalue weighted by Gasteiger charge is -2.39. The van der Waals surface area contributed by atoms with E-state index >= 15 is 0 Å². The SMILES string of the molecule is C[C@@H]1C[C@H](NC(=O)Nc2cccc(NC(=O)N[C@@H]3C[C@H](C)CC(C)(C)C3)c2)CC(C)(C)C1. The van der Waals surface area contributed by atoms with Crippen LogP contribution in [0.3, 0.4) is 0 Å². The van der Waals surface area contributed by atoms with Gasteiger partial charge in [0.15, 0.2) is 0 Å². The van der Waals surface area contributed by atoms with Crippen LogP contribution >= 0.6 is 0 Å². The van der Waals surface area contributed by atoms with Gasteiger partial charge in [0.1, 0.15) is 0 Å². The molecular weight excluding hydrogens is 400 g/mol. The summed E-state index contributed by atoms with van der Waals surface area (Å²) in [6.07, 6.45) is 6.39. The fourth-order valence-corrected chi connectivity index (χ4v) is 6.29. The summed E-state index contributed by atoms with van der Waals surface area (Å²) in [6.45, 7) is 13.6. The Morgan fingerprint density at radius 2 is 1.16 bits per heavy atom. The molecule has 4 N–H and O–H groups in total. The highest BCUT2D eigenvalue weighted by molar-refractivity contribution is 5.93. The van der Waals surface area contributed by atoms with Gasteiger partial charge in [0.05, 0.1) is 0 Å².